The van der Waals surface area contributed by atoms with E-state index in [9.17, 15) is 18.6 Å². The minimum Gasteiger partial charge on any atom is -0.394 e. The van der Waals surface area contributed by atoms with Gasteiger partial charge in [0.2, 0.25) is 10.0 Å². The quantitative estimate of drug-likeness (QED) is 0.542. The van der Waals surface area contributed by atoms with Crippen LogP contribution in [0.2, 0.25) is 0 Å². The van der Waals surface area contributed by atoms with Crippen molar-refractivity contribution in [1.29, 1.82) is 0 Å². The standard InChI is InChI=1S/C22H32N4O5S/c1-16-4-7-18(8-5-16)32(29,30)24-19-9-6-17(31-20(19)15-27)10-13-26-14-21(23-25-26)22(28)11-2-3-12-22/h4-5,7-8,14,17,19-20,24,27-28H,2-3,6,9-13,15H2,1H3/t17-,19-,20+/m1/s1. The molecular formula is C22H32N4O5S. The number of rotatable bonds is 8. The molecule has 176 valence electrons. The molecular weight excluding hydrogens is 432 g/mol. The second kappa shape index (κ2) is 9.56. The minimum absolute atomic E-state index is 0.116. The summed E-state index contributed by atoms with van der Waals surface area (Å²) in [7, 11) is -3.69. The molecule has 0 unspecified atom stereocenters. The number of aryl methyl sites for hydroxylation is 2. The first-order valence-corrected chi connectivity index (χ1v) is 12.8. The van der Waals surface area contributed by atoms with Gasteiger partial charge in [-0.2, -0.15) is 0 Å². The molecule has 1 aromatic heterocycles. The lowest BCUT2D eigenvalue weighted by Crippen LogP contribution is -2.50. The summed E-state index contributed by atoms with van der Waals surface area (Å²) in [5.41, 5.74) is 0.750. The third-order valence-electron chi connectivity index (χ3n) is 6.56. The van der Waals surface area contributed by atoms with E-state index >= 15 is 0 Å². The predicted octanol–water partition coefficient (Wildman–Crippen LogP) is 1.63. The van der Waals surface area contributed by atoms with Crippen molar-refractivity contribution >= 4 is 10.0 Å². The SMILES string of the molecule is Cc1ccc(S(=O)(=O)N[C@@H]2CC[C@H](CCn3cc(C4(O)CCCC4)nn3)O[C@H]2CO)cc1. The van der Waals surface area contributed by atoms with E-state index in [2.05, 4.69) is 15.0 Å². The number of hydrogen-bond acceptors (Lipinski definition) is 7. The molecule has 1 aliphatic heterocycles. The number of nitrogens with one attached hydrogen (secondary N) is 1. The van der Waals surface area contributed by atoms with Crippen LogP contribution in [0.4, 0.5) is 0 Å². The van der Waals surface area contributed by atoms with Crippen LogP contribution in [0.5, 0.6) is 0 Å². The molecule has 3 atom stereocenters. The molecule has 0 spiro atoms. The molecule has 2 aromatic rings. The third-order valence-corrected chi connectivity index (χ3v) is 8.07. The average Bonchev–Trinajstić information content (AvgIpc) is 3.43. The number of hydrogen-bond donors (Lipinski definition) is 3. The van der Waals surface area contributed by atoms with E-state index < -0.39 is 27.8 Å². The van der Waals surface area contributed by atoms with Gasteiger partial charge in [0.1, 0.15) is 11.3 Å². The molecule has 10 heteroatoms. The average molecular weight is 465 g/mol. The van der Waals surface area contributed by atoms with Crippen LogP contribution in [0.15, 0.2) is 35.4 Å². The van der Waals surface area contributed by atoms with E-state index in [0.717, 1.165) is 31.2 Å². The van der Waals surface area contributed by atoms with Gasteiger partial charge >= 0.3 is 0 Å². The van der Waals surface area contributed by atoms with E-state index in [0.29, 0.717) is 31.5 Å². The molecule has 32 heavy (non-hydrogen) atoms. The highest BCUT2D eigenvalue weighted by atomic mass is 32.2. The molecule has 0 amide bonds. The second-order valence-corrected chi connectivity index (χ2v) is 10.7. The summed E-state index contributed by atoms with van der Waals surface area (Å²) in [5.74, 6) is 0. The van der Waals surface area contributed by atoms with E-state index in [1.807, 2.05) is 6.92 Å². The summed E-state index contributed by atoms with van der Waals surface area (Å²) in [6.07, 6.45) is 6.41. The molecule has 1 saturated heterocycles. The van der Waals surface area contributed by atoms with E-state index in [1.165, 1.54) is 0 Å². The zero-order valence-electron chi connectivity index (χ0n) is 18.4. The Labute approximate surface area is 188 Å². The zero-order valence-corrected chi connectivity index (χ0v) is 19.2. The van der Waals surface area contributed by atoms with Crippen LogP contribution >= 0.6 is 0 Å². The summed E-state index contributed by atoms with van der Waals surface area (Å²) in [5, 5.41) is 28.8. The van der Waals surface area contributed by atoms with Crippen LogP contribution in [0, 0.1) is 6.92 Å². The maximum atomic E-state index is 12.7. The number of nitrogens with zero attached hydrogens (tertiary/aromatic N) is 3. The molecule has 1 aromatic carbocycles. The van der Waals surface area contributed by atoms with Gasteiger partial charge in [-0.25, -0.2) is 13.1 Å². The number of aliphatic hydroxyl groups is 2. The first-order valence-electron chi connectivity index (χ1n) is 11.3. The zero-order chi connectivity index (χ0) is 22.8. The molecule has 9 nitrogen and oxygen atoms in total. The first kappa shape index (κ1) is 23.3. The number of benzene rings is 1. The second-order valence-electron chi connectivity index (χ2n) is 8.99. The van der Waals surface area contributed by atoms with Gasteiger partial charge in [-0.15, -0.1) is 5.10 Å². The lowest BCUT2D eigenvalue weighted by Gasteiger charge is -2.36. The van der Waals surface area contributed by atoms with Crippen LogP contribution in [0.25, 0.3) is 0 Å². The van der Waals surface area contributed by atoms with Gasteiger partial charge in [0.15, 0.2) is 0 Å². The molecule has 2 fully saturated rings. The van der Waals surface area contributed by atoms with Crippen molar-refractivity contribution in [2.45, 2.75) is 87.2 Å². The van der Waals surface area contributed by atoms with Gasteiger partial charge in [-0.3, -0.25) is 4.68 Å². The Morgan fingerprint density at radius 3 is 2.62 bits per heavy atom. The molecule has 0 radical (unpaired) electrons. The van der Waals surface area contributed by atoms with Crippen molar-refractivity contribution in [1.82, 2.24) is 19.7 Å². The first-order chi connectivity index (χ1) is 15.3. The Bertz CT molecular complexity index is 1000. The Kier molecular flexibility index (Phi) is 6.97. The fraction of sp³-hybridized carbons (Fsp3) is 0.636. The molecule has 0 bridgehead atoms. The highest BCUT2D eigenvalue weighted by Gasteiger charge is 2.36. The highest BCUT2D eigenvalue weighted by molar-refractivity contribution is 7.89. The van der Waals surface area contributed by atoms with E-state index in [1.54, 1.807) is 35.1 Å². The van der Waals surface area contributed by atoms with Crippen molar-refractivity contribution in [3.8, 4) is 0 Å². The lowest BCUT2D eigenvalue weighted by molar-refractivity contribution is -0.0891. The van der Waals surface area contributed by atoms with Gasteiger partial charge in [-0.05, 0) is 51.2 Å². The van der Waals surface area contributed by atoms with Crippen molar-refractivity contribution in [2.75, 3.05) is 6.61 Å². The van der Waals surface area contributed by atoms with Crippen LogP contribution in [-0.4, -0.2) is 58.5 Å². The van der Waals surface area contributed by atoms with Crippen LogP contribution in [0.3, 0.4) is 0 Å². The van der Waals surface area contributed by atoms with Gasteiger partial charge < -0.3 is 14.9 Å². The lowest BCUT2D eigenvalue weighted by atomic mass is 9.98. The number of ether oxygens (including phenoxy) is 1. The number of sulfonamides is 1. The fourth-order valence-corrected chi connectivity index (χ4v) is 5.88. The third kappa shape index (κ3) is 5.20. The summed E-state index contributed by atoms with van der Waals surface area (Å²) in [4.78, 5) is 0.202. The van der Waals surface area contributed by atoms with Gasteiger partial charge in [0.05, 0.1) is 35.9 Å². The smallest absolute Gasteiger partial charge is 0.240 e. The summed E-state index contributed by atoms with van der Waals surface area (Å²) in [6.45, 7) is 2.21. The van der Waals surface area contributed by atoms with Crippen molar-refractivity contribution < 1.29 is 23.4 Å². The van der Waals surface area contributed by atoms with Crippen molar-refractivity contribution in [3.05, 3.63) is 41.7 Å². The number of aromatic nitrogens is 3. The van der Waals surface area contributed by atoms with Crippen LogP contribution < -0.4 is 4.72 Å². The highest BCUT2D eigenvalue weighted by Crippen LogP contribution is 2.37. The van der Waals surface area contributed by atoms with Gasteiger partial charge in [0, 0.05) is 6.54 Å². The molecule has 1 saturated carbocycles. The van der Waals surface area contributed by atoms with Crippen molar-refractivity contribution in [2.24, 2.45) is 0 Å². The van der Waals surface area contributed by atoms with Gasteiger partial charge in [-0.1, -0.05) is 35.8 Å². The Morgan fingerprint density at radius 1 is 1.22 bits per heavy atom. The van der Waals surface area contributed by atoms with Crippen LogP contribution in [0.1, 0.15) is 56.2 Å². The van der Waals surface area contributed by atoms with Gasteiger partial charge in [0.25, 0.3) is 0 Å². The van der Waals surface area contributed by atoms with Crippen molar-refractivity contribution in [3.63, 3.8) is 0 Å². The predicted molar refractivity (Wildman–Crippen MR) is 117 cm³/mol. The minimum atomic E-state index is -3.69. The largest absolute Gasteiger partial charge is 0.394 e. The van der Waals surface area contributed by atoms with E-state index in [4.69, 9.17) is 4.74 Å². The summed E-state index contributed by atoms with van der Waals surface area (Å²) in [6, 6.07) is 6.18. The molecule has 1 aliphatic carbocycles. The topological polar surface area (TPSA) is 127 Å². The Morgan fingerprint density at radius 2 is 1.94 bits per heavy atom. The maximum Gasteiger partial charge on any atom is 0.240 e. The Balaban J connectivity index is 1.32. The molecule has 3 N–H and O–H groups in total. The monoisotopic (exact) mass is 464 g/mol. The summed E-state index contributed by atoms with van der Waals surface area (Å²) >= 11 is 0. The summed E-state index contributed by atoms with van der Waals surface area (Å²) < 4.78 is 35.9. The molecule has 2 aliphatic rings. The number of aliphatic hydroxyl groups excluding tert-OH is 1. The molecule has 2 heterocycles. The normalized spacial score (nSPS) is 25.8. The fourth-order valence-electron chi connectivity index (χ4n) is 4.58. The van der Waals surface area contributed by atoms with E-state index in [-0.39, 0.29) is 17.6 Å². The van der Waals surface area contributed by atoms with Crippen LogP contribution in [-0.2, 0) is 26.9 Å². The Hall–Kier alpha value is -1.85. The molecule has 4 rings (SSSR count). The maximum absolute atomic E-state index is 12.7.